The van der Waals surface area contributed by atoms with Crippen LogP contribution in [0.1, 0.15) is 15.1 Å². The quantitative estimate of drug-likeness (QED) is 0.176. The third kappa shape index (κ3) is 4.94. The summed E-state index contributed by atoms with van der Waals surface area (Å²) in [4.78, 5) is 14.5. The molecule has 4 aromatic heterocycles. The summed E-state index contributed by atoms with van der Waals surface area (Å²) < 4.78 is 113. The Kier molecular flexibility index (Phi) is 4.88. The smallest absolute Gasteiger partial charge is 0.238 e. The lowest BCUT2D eigenvalue weighted by Crippen LogP contribution is -2.06. The molecule has 0 N–H and O–H groups in total. The van der Waals surface area contributed by atoms with Crippen molar-refractivity contribution in [3.8, 4) is 51.0 Å². The second-order valence-corrected chi connectivity index (χ2v) is 13.5. The van der Waals surface area contributed by atoms with Crippen LogP contribution in [-0.4, -0.2) is 19.5 Å². The molecule has 0 aliphatic rings. The fourth-order valence-corrected chi connectivity index (χ4v) is 7.78. The molecule has 0 atom stereocenters. The molecule has 0 aliphatic carbocycles. The van der Waals surface area contributed by atoms with Crippen LogP contribution in [0.15, 0.2) is 191 Å². The van der Waals surface area contributed by atoms with Gasteiger partial charge in [-0.15, -0.1) is 0 Å². The highest BCUT2D eigenvalue weighted by molar-refractivity contribution is 6.27. The summed E-state index contributed by atoms with van der Waals surface area (Å²) in [6.07, 6.45) is 0. The first kappa shape index (κ1) is 22.5. The lowest BCUT2D eigenvalue weighted by Gasteiger charge is -2.11. The molecule has 8 aromatic carbocycles. The number of aromatic nitrogens is 4. The number of nitrogens with zero attached hydrogens (tertiary/aromatic N) is 4. The minimum Gasteiger partial charge on any atom is -0.456 e. The zero-order chi connectivity index (χ0) is 47.0. The molecular weight excluding hydrogens is 701 g/mol. The van der Waals surface area contributed by atoms with Crippen LogP contribution in [0.3, 0.4) is 0 Å². The molecule has 266 valence electrons. The predicted octanol–water partition coefficient (Wildman–Crippen LogP) is 13.4. The van der Waals surface area contributed by atoms with Crippen LogP contribution in [0.4, 0.5) is 0 Å². The molecule has 0 fully saturated rings. The van der Waals surface area contributed by atoms with Gasteiger partial charge in [0.2, 0.25) is 5.95 Å². The van der Waals surface area contributed by atoms with Gasteiger partial charge in [-0.25, -0.2) is 4.98 Å². The summed E-state index contributed by atoms with van der Waals surface area (Å²) in [5.41, 5.74) is 4.07. The summed E-state index contributed by atoms with van der Waals surface area (Å²) in [6, 6.07) is 30.2. The second kappa shape index (κ2) is 12.3. The summed E-state index contributed by atoms with van der Waals surface area (Å²) in [5.74, 6) is -0.797. The van der Waals surface area contributed by atoms with Crippen LogP contribution in [-0.2, 0) is 0 Å². The molecule has 0 spiro atoms. The third-order valence-corrected chi connectivity index (χ3v) is 10.3. The van der Waals surface area contributed by atoms with Gasteiger partial charge in [0, 0.05) is 43.4 Å². The Hall–Kier alpha value is -7.83. The summed E-state index contributed by atoms with van der Waals surface area (Å²) >= 11 is 0. The van der Waals surface area contributed by atoms with Crippen molar-refractivity contribution in [3.63, 3.8) is 0 Å². The summed E-state index contributed by atoms with van der Waals surface area (Å²) in [6.45, 7) is 0. The maximum absolute atomic E-state index is 9.69. The van der Waals surface area contributed by atoms with E-state index in [0.29, 0.717) is 27.8 Å². The molecule has 0 saturated carbocycles. The van der Waals surface area contributed by atoms with E-state index < -0.39 is 60.4 Å². The Morgan fingerprint density at radius 1 is 0.421 bits per heavy atom. The number of hydrogen-bond donors (Lipinski definition) is 0. The number of furan rings is 2. The fourth-order valence-electron chi connectivity index (χ4n) is 7.78. The molecule has 0 bridgehead atoms. The van der Waals surface area contributed by atoms with E-state index in [1.807, 2.05) is 78.9 Å². The third-order valence-electron chi connectivity index (χ3n) is 10.3. The van der Waals surface area contributed by atoms with Crippen LogP contribution in [0.2, 0.25) is 0 Å². The van der Waals surface area contributed by atoms with Gasteiger partial charge in [0.05, 0.1) is 26.1 Å². The maximum Gasteiger partial charge on any atom is 0.238 e. The number of rotatable bonds is 5. The van der Waals surface area contributed by atoms with Gasteiger partial charge in [-0.2, -0.15) is 9.97 Å². The van der Waals surface area contributed by atoms with Gasteiger partial charge in [0.15, 0.2) is 11.6 Å². The molecule has 6 heteroatoms. The van der Waals surface area contributed by atoms with Crippen molar-refractivity contribution in [2.45, 2.75) is 0 Å². The molecule has 0 radical (unpaired) electrons. The van der Waals surface area contributed by atoms with E-state index in [9.17, 15) is 4.11 Å². The van der Waals surface area contributed by atoms with Gasteiger partial charge in [-0.05, 0) is 70.7 Å². The molecule has 6 nitrogen and oxygen atoms in total. The van der Waals surface area contributed by atoms with Crippen LogP contribution >= 0.6 is 0 Å². The van der Waals surface area contributed by atoms with Crippen molar-refractivity contribution >= 4 is 65.7 Å². The minimum atomic E-state index is -0.633. The van der Waals surface area contributed by atoms with E-state index in [2.05, 4.69) is 11.1 Å². The number of para-hydroxylation sites is 1. The zero-order valence-electron chi connectivity index (χ0n) is 40.6. The predicted molar refractivity (Wildman–Crippen MR) is 230 cm³/mol. The lowest BCUT2D eigenvalue weighted by atomic mass is 9.99. The van der Waals surface area contributed by atoms with Crippen LogP contribution < -0.4 is 0 Å². The van der Waals surface area contributed by atoms with Crippen LogP contribution in [0.5, 0.6) is 0 Å². The van der Waals surface area contributed by atoms with Crippen molar-refractivity contribution in [2.24, 2.45) is 0 Å². The molecule has 4 heterocycles. The average molecular weight is 742 g/mol. The highest BCUT2D eigenvalue weighted by atomic mass is 16.3. The molecule has 0 amide bonds. The topological polar surface area (TPSA) is 69.9 Å². The number of benzene rings is 8. The standard InChI is InChI=1S/C51H30N4O2/c1-4-13-31(14-5-1)34-24-26-40-39(29-34)47-41(27-28-44-48(47)37-19-10-11-21-42(37)56-44)55(40)51-53-49(33-17-8-3-9-18-33)52-50(54-51)35-23-25-38-45(30-35)57-43-22-12-20-36(46(38)43)32-15-6-2-7-16-32/h1-30H/i3D,8D,9D,12D,17D,18D,20D,22D,23D,25D,30D. The Bertz CT molecular complexity index is 4140. The normalized spacial score (nSPS) is 14.6. The number of hydrogen-bond acceptors (Lipinski definition) is 5. The molecule has 0 saturated heterocycles. The van der Waals surface area contributed by atoms with Gasteiger partial charge < -0.3 is 8.83 Å². The highest BCUT2D eigenvalue weighted by Crippen LogP contribution is 2.43. The highest BCUT2D eigenvalue weighted by Gasteiger charge is 2.23. The van der Waals surface area contributed by atoms with Crippen molar-refractivity contribution in [1.29, 1.82) is 0 Å². The molecule has 0 aliphatic heterocycles. The first-order valence-corrected chi connectivity index (χ1v) is 18.1. The lowest BCUT2D eigenvalue weighted by molar-refractivity contribution is 0.669. The van der Waals surface area contributed by atoms with Crippen molar-refractivity contribution in [3.05, 3.63) is 182 Å². The Morgan fingerprint density at radius 2 is 1.16 bits per heavy atom. The van der Waals surface area contributed by atoms with E-state index in [0.717, 1.165) is 32.7 Å². The van der Waals surface area contributed by atoms with E-state index in [1.54, 1.807) is 34.9 Å². The fraction of sp³-hybridized carbons (Fsp3) is 0. The molecule has 0 unspecified atom stereocenters. The van der Waals surface area contributed by atoms with Gasteiger partial charge in [0.1, 0.15) is 22.3 Å². The van der Waals surface area contributed by atoms with Crippen LogP contribution in [0.25, 0.3) is 117 Å². The maximum atomic E-state index is 9.69. The van der Waals surface area contributed by atoms with E-state index in [1.165, 1.54) is 0 Å². The zero-order valence-corrected chi connectivity index (χ0v) is 29.6. The molecule has 12 aromatic rings. The molecular formula is C51H30N4O2. The second-order valence-electron chi connectivity index (χ2n) is 13.5. The van der Waals surface area contributed by atoms with E-state index in [-0.39, 0.29) is 62.3 Å². The largest absolute Gasteiger partial charge is 0.456 e. The SMILES string of the molecule is [2H]c1c([2H])c([2H])c(-c2nc(-c3c([2H])c([2H])c4c(oc5c([2H])c([2H])c([2H])c(-c6ccccc6)c54)c3[2H])nc(-n3c4ccc(-c5ccccc5)cc4c4c5c(ccc43)oc3ccccc35)n2)c([2H])c1[2H]. The van der Waals surface area contributed by atoms with E-state index in [4.69, 9.17) is 29.8 Å². The van der Waals surface area contributed by atoms with Gasteiger partial charge >= 0.3 is 0 Å². The average Bonchev–Trinajstić information content (AvgIpc) is 4.05. The Labute approximate surface area is 341 Å². The first-order valence-electron chi connectivity index (χ1n) is 23.6. The molecule has 12 rings (SSSR count). The van der Waals surface area contributed by atoms with Crippen molar-refractivity contribution in [1.82, 2.24) is 19.5 Å². The van der Waals surface area contributed by atoms with E-state index >= 15 is 0 Å². The van der Waals surface area contributed by atoms with Gasteiger partial charge in [-0.3, -0.25) is 4.57 Å². The summed E-state index contributed by atoms with van der Waals surface area (Å²) in [5, 5.41) is 3.35. The minimum absolute atomic E-state index is 0.0206. The van der Waals surface area contributed by atoms with Crippen LogP contribution in [0, 0.1) is 0 Å². The van der Waals surface area contributed by atoms with Gasteiger partial charge in [-0.1, -0.05) is 133 Å². The van der Waals surface area contributed by atoms with Gasteiger partial charge in [0.25, 0.3) is 0 Å². The Balaban J connectivity index is 1.21. The molecule has 57 heavy (non-hydrogen) atoms. The monoisotopic (exact) mass is 741 g/mol. The first-order chi connectivity index (χ1) is 32.8. The number of fused-ring (bicyclic) bond motifs is 10. The van der Waals surface area contributed by atoms with Crippen molar-refractivity contribution < 1.29 is 23.9 Å². The summed E-state index contributed by atoms with van der Waals surface area (Å²) in [7, 11) is 0. The van der Waals surface area contributed by atoms with Crippen molar-refractivity contribution in [2.75, 3.05) is 0 Å². The Morgan fingerprint density at radius 3 is 2.00 bits per heavy atom.